The first-order valence-electron chi connectivity index (χ1n) is 8.52. The fraction of sp³-hybridized carbons (Fsp3) is 0.429. The highest BCUT2D eigenvalue weighted by molar-refractivity contribution is 6.30. The molecule has 3 nitrogen and oxygen atoms in total. The Morgan fingerprint density at radius 1 is 1.04 bits per heavy atom. The minimum atomic E-state index is -0.287. The highest BCUT2D eigenvalue weighted by Gasteiger charge is 2.43. The highest BCUT2D eigenvalue weighted by atomic mass is 35.5. The van der Waals surface area contributed by atoms with Crippen molar-refractivity contribution in [1.82, 2.24) is 5.16 Å². The van der Waals surface area contributed by atoms with Gasteiger partial charge in [0.2, 0.25) is 0 Å². The monoisotopic (exact) mass is 357 g/mol. The Balaban J connectivity index is 2.28. The minimum absolute atomic E-state index is 0.114. The maximum atomic E-state index is 13.0. The Morgan fingerprint density at radius 2 is 1.64 bits per heavy atom. The Kier molecular flexibility index (Phi) is 4.19. The number of hydrogen-bond donors (Lipinski definition) is 0. The van der Waals surface area contributed by atoms with Gasteiger partial charge in [-0.25, -0.2) is 0 Å². The van der Waals surface area contributed by atoms with Crippen LogP contribution < -0.4 is 0 Å². The van der Waals surface area contributed by atoms with E-state index in [4.69, 9.17) is 16.1 Å². The molecule has 2 aromatic rings. The summed E-state index contributed by atoms with van der Waals surface area (Å²) in [5, 5.41) is 5.02. The van der Waals surface area contributed by atoms with Gasteiger partial charge >= 0.3 is 0 Å². The first-order valence-corrected chi connectivity index (χ1v) is 8.90. The number of nitrogens with zero attached hydrogens (tertiary/aromatic N) is 1. The van der Waals surface area contributed by atoms with Crippen LogP contribution in [-0.2, 0) is 4.79 Å². The van der Waals surface area contributed by atoms with Crippen LogP contribution in [0.5, 0.6) is 0 Å². The molecule has 1 aromatic carbocycles. The van der Waals surface area contributed by atoms with Gasteiger partial charge in [-0.05, 0) is 29.0 Å². The number of rotatable bonds is 1. The van der Waals surface area contributed by atoms with E-state index in [9.17, 15) is 4.79 Å². The topological polar surface area (TPSA) is 43.1 Å². The second kappa shape index (κ2) is 5.84. The molecule has 0 saturated carbocycles. The van der Waals surface area contributed by atoms with E-state index in [1.165, 1.54) is 0 Å². The first kappa shape index (κ1) is 17.9. The molecule has 0 amide bonds. The lowest BCUT2D eigenvalue weighted by Gasteiger charge is -2.34. The van der Waals surface area contributed by atoms with E-state index in [0.717, 1.165) is 28.2 Å². The molecule has 0 radical (unpaired) electrons. The average molecular weight is 358 g/mol. The molecule has 0 N–H and O–H groups in total. The van der Waals surface area contributed by atoms with Gasteiger partial charge < -0.3 is 4.52 Å². The lowest BCUT2D eigenvalue weighted by atomic mass is 9.67. The Bertz CT molecular complexity index is 846. The molecule has 0 fully saturated rings. The predicted molar refractivity (Wildman–Crippen MR) is 102 cm³/mol. The van der Waals surface area contributed by atoms with Crippen LogP contribution in [0.4, 0.5) is 0 Å². The number of carbonyl (C=O) groups is 1. The summed E-state index contributed by atoms with van der Waals surface area (Å²) < 4.78 is 5.78. The lowest BCUT2D eigenvalue weighted by Crippen LogP contribution is -2.30. The summed E-state index contributed by atoms with van der Waals surface area (Å²) in [6.45, 7) is 12.5. The fourth-order valence-electron chi connectivity index (χ4n) is 3.43. The van der Waals surface area contributed by atoms with Gasteiger partial charge in [0.15, 0.2) is 11.5 Å². The SMILES string of the molecule is CC(C)(C)C1=CC(=O)C(C(C)(C)C)c2c(-c3ccc(Cl)cc3)noc21. The van der Waals surface area contributed by atoms with Crippen molar-refractivity contribution in [2.45, 2.75) is 47.5 Å². The summed E-state index contributed by atoms with van der Waals surface area (Å²) in [4.78, 5) is 13.0. The molecule has 0 aliphatic heterocycles. The van der Waals surface area contributed by atoms with Crippen molar-refractivity contribution in [3.8, 4) is 11.3 Å². The standard InChI is InChI=1S/C21H24ClNO2/c1-20(2,3)14-11-15(24)17(21(4,5)6)16-18(23-25-19(14)16)12-7-9-13(22)10-8-12/h7-11,17H,1-6H3. The highest BCUT2D eigenvalue weighted by Crippen LogP contribution is 2.50. The van der Waals surface area contributed by atoms with Crippen LogP contribution in [0, 0.1) is 10.8 Å². The van der Waals surface area contributed by atoms with E-state index >= 15 is 0 Å². The number of benzene rings is 1. The van der Waals surface area contributed by atoms with Crippen LogP contribution in [-0.4, -0.2) is 10.9 Å². The molecular formula is C21H24ClNO2. The van der Waals surface area contributed by atoms with Crippen molar-refractivity contribution in [2.24, 2.45) is 10.8 Å². The van der Waals surface area contributed by atoms with Gasteiger partial charge in [0.25, 0.3) is 0 Å². The van der Waals surface area contributed by atoms with Crippen LogP contribution in [0.1, 0.15) is 58.8 Å². The summed E-state index contributed by atoms with van der Waals surface area (Å²) in [6, 6.07) is 7.49. The number of ketones is 1. The molecule has 132 valence electrons. The average Bonchev–Trinajstić information content (AvgIpc) is 2.89. The van der Waals surface area contributed by atoms with E-state index in [0.29, 0.717) is 5.02 Å². The van der Waals surface area contributed by atoms with Gasteiger partial charge in [0, 0.05) is 21.7 Å². The van der Waals surface area contributed by atoms with E-state index in [2.05, 4.69) is 46.7 Å². The zero-order chi connectivity index (χ0) is 18.6. The second-order valence-corrected chi connectivity index (χ2v) is 9.23. The summed E-state index contributed by atoms with van der Waals surface area (Å²) in [7, 11) is 0. The van der Waals surface area contributed by atoms with Crippen LogP contribution >= 0.6 is 11.6 Å². The maximum Gasteiger partial charge on any atom is 0.168 e. The number of carbonyl (C=O) groups excluding carboxylic acids is 1. The van der Waals surface area contributed by atoms with Crippen molar-refractivity contribution in [1.29, 1.82) is 0 Å². The van der Waals surface area contributed by atoms with Crippen molar-refractivity contribution in [2.75, 3.05) is 0 Å². The molecule has 1 heterocycles. The third kappa shape index (κ3) is 3.18. The molecule has 25 heavy (non-hydrogen) atoms. The fourth-order valence-corrected chi connectivity index (χ4v) is 3.55. The lowest BCUT2D eigenvalue weighted by molar-refractivity contribution is -0.118. The van der Waals surface area contributed by atoms with Gasteiger partial charge in [-0.3, -0.25) is 4.79 Å². The van der Waals surface area contributed by atoms with Crippen molar-refractivity contribution in [3.05, 3.63) is 46.7 Å². The maximum absolute atomic E-state index is 13.0. The third-order valence-electron chi connectivity index (χ3n) is 4.62. The van der Waals surface area contributed by atoms with Crippen molar-refractivity contribution < 1.29 is 9.32 Å². The molecule has 3 rings (SSSR count). The minimum Gasteiger partial charge on any atom is -0.356 e. The molecule has 0 bridgehead atoms. The summed E-state index contributed by atoms with van der Waals surface area (Å²) in [6.07, 6.45) is 1.75. The molecule has 1 aromatic heterocycles. The quantitative estimate of drug-likeness (QED) is 0.615. The third-order valence-corrected chi connectivity index (χ3v) is 4.88. The van der Waals surface area contributed by atoms with Crippen molar-refractivity contribution in [3.63, 3.8) is 0 Å². The van der Waals surface area contributed by atoms with Crippen LogP contribution in [0.25, 0.3) is 16.8 Å². The Hall–Kier alpha value is -1.87. The zero-order valence-electron chi connectivity index (χ0n) is 15.6. The van der Waals surface area contributed by atoms with Gasteiger partial charge in [0.1, 0.15) is 5.69 Å². The predicted octanol–water partition coefficient (Wildman–Crippen LogP) is 6.14. The Labute approximate surface area is 154 Å². The molecule has 1 unspecified atom stereocenters. The van der Waals surface area contributed by atoms with E-state index in [-0.39, 0.29) is 22.5 Å². The van der Waals surface area contributed by atoms with E-state index in [1.807, 2.05) is 24.3 Å². The summed E-state index contributed by atoms with van der Waals surface area (Å²) >= 11 is 6.02. The summed E-state index contributed by atoms with van der Waals surface area (Å²) in [5.41, 5.74) is 3.00. The van der Waals surface area contributed by atoms with E-state index in [1.54, 1.807) is 6.08 Å². The number of halogens is 1. The largest absolute Gasteiger partial charge is 0.356 e. The van der Waals surface area contributed by atoms with E-state index < -0.39 is 0 Å². The zero-order valence-corrected chi connectivity index (χ0v) is 16.4. The van der Waals surface area contributed by atoms with Gasteiger partial charge in [-0.15, -0.1) is 0 Å². The number of aromatic nitrogens is 1. The van der Waals surface area contributed by atoms with Gasteiger partial charge in [0.05, 0.1) is 5.92 Å². The first-order chi connectivity index (χ1) is 11.5. The molecule has 0 saturated heterocycles. The normalized spacial score (nSPS) is 18.1. The molecule has 1 aliphatic carbocycles. The Morgan fingerprint density at radius 3 is 2.16 bits per heavy atom. The van der Waals surface area contributed by atoms with Crippen LogP contribution in [0.3, 0.4) is 0 Å². The second-order valence-electron chi connectivity index (χ2n) is 8.79. The number of hydrogen-bond acceptors (Lipinski definition) is 3. The number of allylic oxidation sites excluding steroid dienone is 2. The molecule has 0 spiro atoms. The van der Waals surface area contributed by atoms with Crippen LogP contribution in [0.15, 0.2) is 34.9 Å². The van der Waals surface area contributed by atoms with Gasteiger partial charge in [-0.1, -0.05) is 70.4 Å². The smallest absolute Gasteiger partial charge is 0.168 e. The van der Waals surface area contributed by atoms with Gasteiger partial charge in [-0.2, -0.15) is 0 Å². The van der Waals surface area contributed by atoms with Crippen LogP contribution in [0.2, 0.25) is 5.02 Å². The van der Waals surface area contributed by atoms with Crippen molar-refractivity contribution >= 4 is 23.0 Å². The molecule has 1 aliphatic rings. The molecule has 4 heteroatoms. The number of fused-ring (bicyclic) bond motifs is 1. The molecule has 1 atom stereocenters. The summed E-state index contributed by atoms with van der Waals surface area (Å²) in [5.74, 6) is 0.561. The molecular weight excluding hydrogens is 334 g/mol.